The van der Waals surface area contributed by atoms with Crippen molar-refractivity contribution in [3.63, 3.8) is 0 Å². The topological polar surface area (TPSA) is 105 Å². The molecular formula is C10H17NO6. The smallest absolute Gasteiger partial charge is 0.302 e. The van der Waals surface area contributed by atoms with Crippen molar-refractivity contribution in [1.29, 1.82) is 0 Å². The minimum atomic E-state index is -1.21. The minimum Gasteiger partial charge on any atom is -0.463 e. The summed E-state index contributed by atoms with van der Waals surface area (Å²) in [5.41, 5.74) is 0. The van der Waals surface area contributed by atoms with Crippen LogP contribution in [0.15, 0.2) is 0 Å². The predicted molar refractivity (Wildman–Crippen MR) is 56.0 cm³/mol. The summed E-state index contributed by atoms with van der Waals surface area (Å²) in [4.78, 5) is 21.4. The third kappa shape index (κ3) is 3.95. The fourth-order valence-electron chi connectivity index (χ4n) is 1.62. The van der Waals surface area contributed by atoms with E-state index in [1.165, 1.54) is 13.8 Å². The molecule has 0 bridgehead atoms. The molecule has 98 valence electrons. The second-order valence-electron chi connectivity index (χ2n) is 3.96. The van der Waals surface area contributed by atoms with E-state index in [4.69, 9.17) is 9.47 Å². The maximum absolute atomic E-state index is 10.8. The summed E-state index contributed by atoms with van der Waals surface area (Å²) in [5.74, 6) is -0.803. The summed E-state index contributed by atoms with van der Waals surface area (Å²) in [7, 11) is 0. The molecule has 0 spiro atoms. The first-order valence-corrected chi connectivity index (χ1v) is 5.30. The average Bonchev–Trinajstić information content (AvgIpc) is 2.23. The molecule has 1 saturated heterocycles. The lowest BCUT2D eigenvalue weighted by Crippen LogP contribution is -2.59. The molecule has 1 aliphatic heterocycles. The van der Waals surface area contributed by atoms with Crippen LogP contribution in [0.25, 0.3) is 0 Å². The lowest BCUT2D eigenvalue weighted by Gasteiger charge is -2.37. The van der Waals surface area contributed by atoms with E-state index in [0.717, 1.165) is 0 Å². The van der Waals surface area contributed by atoms with Crippen molar-refractivity contribution in [1.82, 2.24) is 5.32 Å². The summed E-state index contributed by atoms with van der Waals surface area (Å²) in [6.45, 7) is 2.49. The lowest BCUT2D eigenvalue weighted by atomic mass is 9.98. The van der Waals surface area contributed by atoms with Gasteiger partial charge in [0.25, 0.3) is 0 Å². The molecule has 0 radical (unpaired) electrons. The van der Waals surface area contributed by atoms with E-state index in [0.29, 0.717) is 0 Å². The fourth-order valence-corrected chi connectivity index (χ4v) is 1.62. The number of nitrogens with one attached hydrogen (secondary N) is 1. The Balaban J connectivity index is 2.49. The SMILES string of the molecule is CC(=O)N[C@@H]1COC(COC(C)=O)[C@H](O)C1O. The first-order chi connectivity index (χ1) is 7.91. The van der Waals surface area contributed by atoms with Crippen LogP contribution in [0.4, 0.5) is 0 Å². The van der Waals surface area contributed by atoms with Gasteiger partial charge in [-0.1, -0.05) is 0 Å². The number of hydrogen-bond acceptors (Lipinski definition) is 6. The Labute approximate surface area is 98.7 Å². The summed E-state index contributed by atoms with van der Waals surface area (Å²) in [6.07, 6.45) is -3.13. The molecule has 0 saturated carbocycles. The Morgan fingerprint density at radius 1 is 1.35 bits per heavy atom. The Hall–Kier alpha value is -1.18. The van der Waals surface area contributed by atoms with Crippen molar-refractivity contribution in [3.05, 3.63) is 0 Å². The molecule has 1 aliphatic rings. The standard InChI is InChI=1S/C10H17NO6/c1-5(12)11-7-3-17-8(4-16-6(2)13)10(15)9(7)14/h7-10,14-15H,3-4H2,1-2H3,(H,11,12)/t7-,8?,9?,10+/m1/s1. The molecule has 17 heavy (non-hydrogen) atoms. The molecular weight excluding hydrogens is 230 g/mol. The number of ether oxygens (including phenoxy) is 2. The molecule has 3 N–H and O–H groups in total. The van der Waals surface area contributed by atoms with Gasteiger partial charge in [-0.15, -0.1) is 0 Å². The Kier molecular flexibility index (Phi) is 4.86. The van der Waals surface area contributed by atoms with Crippen LogP contribution < -0.4 is 5.32 Å². The molecule has 1 amide bonds. The molecule has 4 atom stereocenters. The number of amides is 1. The zero-order valence-corrected chi connectivity index (χ0v) is 9.75. The van der Waals surface area contributed by atoms with E-state index in [-0.39, 0.29) is 19.1 Å². The van der Waals surface area contributed by atoms with Gasteiger partial charge in [-0.2, -0.15) is 0 Å². The number of hydrogen-bond donors (Lipinski definition) is 3. The van der Waals surface area contributed by atoms with Gasteiger partial charge in [0.05, 0.1) is 12.6 Å². The normalized spacial score (nSPS) is 32.9. The molecule has 0 aromatic carbocycles. The molecule has 0 aromatic heterocycles. The van der Waals surface area contributed by atoms with E-state index < -0.39 is 30.3 Å². The molecule has 1 fully saturated rings. The number of aliphatic hydroxyl groups excluding tert-OH is 2. The second-order valence-corrected chi connectivity index (χ2v) is 3.96. The summed E-state index contributed by atoms with van der Waals surface area (Å²) >= 11 is 0. The van der Waals surface area contributed by atoms with Crippen molar-refractivity contribution in [2.75, 3.05) is 13.2 Å². The minimum absolute atomic E-state index is 0.0593. The van der Waals surface area contributed by atoms with Crippen molar-refractivity contribution in [3.8, 4) is 0 Å². The van der Waals surface area contributed by atoms with Crippen LogP contribution in [0.2, 0.25) is 0 Å². The maximum atomic E-state index is 10.8. The van der Waals surface area contributed by atoms with Gasteiger partial charge < -0.3 is 25.0 Å². The number of carbonyl (C=O) groups excluding carboxylic acids is 2. The molecule has 7 nitrogen and oxygen atoms in total. The summed E-state index contributed by atoms with van der Waals surface area (Å²) < 4.78 is 9.92. The average molecular weight is 247 g/mol. The second kappa shape index (κ2) is 5.95. The van der Waals surface area contributed by atoms with Crippen LogP contribution in [-0.2, 0) is 19.1 Å². The van der Waals surface area contributed by atoms with Crippen LogP contribution in [0.5, 0.6) is 0 Å². The van der Waals surface area contributed by atoms with Crippen LogP contribution in [-0.4, -0.2) is 59.7 Å². The molecule has 2 unspecified atom stereocenters. The Bertz CT molecular complexity index is 293. The fraction of sp³-hybridized carbons (Fsp3) is 0.800. The Morgan fingerprint density at radius 3 is 2.53 bits per heavy atom. The van der Waals surface area contributed by atoms with E-state index in [1.54, 1.807) is 0 Å². The molecule has 1 rings (SSSR count). The van der Waals surface area contributed by atoms with Gasteiger partial charge in [0.1, 0.15) is 24.9 Å². The highest BCUT2D eigenvalue weighted by Gasteiger charge is 2.39. The van der Waals surface area contributed by atoms with E-state index in [1.807, 2.05) is 0 Å². The van der Waals surface area contributed by atoms with Crippen molar-refractivity contribution >= 4 is 11.9 Å². The quantitative estimate of drug-likeness (QED) is 0.507. The first kappa shape index (κ1) is 13.9. The van der Waals surface area contributed by atoms with Gasteiger partial charge in [-0.05, 0) is 0 Å². The lowest BCUT2D eigenvalue weighted by molar-refractivity contribution is -0.176. The van der Waals surface area contributed by atoms with E-state index in [2.05, 4.69) is 5.32 Å². The third-order valence-corrected chi connectivity index (χ3v) is 2.47. The van der Waals surface area contributed by atoms with Gasteiger partial charge in [0.15, 0.2) is 0 Å². The predicted octanol–water partition coefficient (Wildman–Crippen LogP) is -1.83. The molecule has 7 heteroatoms. The van der Waals surface area contributed by atoms with E-state index in [9.17, 15) is 19.8 Å². The number of aliphatic hydroxyl groups is 2. The number of esters is 1. The van der Waals surface area contributed by atoms with Crippen molar-refractivity contribution < 1.29 is 29.3 Å². The van der Waals surface area contributed by atoms with Gasteiger partial charge >= 0.3 is 5.97 Å². The van der Waals surface area contributed by atoms with Gasteiger partial charge in [0.2, 0.25) is 5.91 Å². The van der Waals surface area contributed by atoms with Crippen LogP contribution >= 0.6 is 0 Å². The maximum Gasteiger partial charge on any atom is 0.302 e. The highest BCUT2D eigenvalue weighted by Crippen LogP contribution is 2.16. The zero-order valence-electron chi connectivity index (χ0n) is 9.75. The highest BCUT2D eigenvalue weighted by molar-refractivity contribution is 5.73. The third-order valence-electron chi connectivity index (χ3n) is 2.47. The van der Waals surface area contributed by atoms with E-state index >= 15 is 0 Å². The van der Waals surface area contributed by atoms with Crippen LogP contribution in [0, 0.1) is 0 Å². The zero-order chi connectivity index (χ0) is 13.0. The van der Waals surface area contributed by atoms with Gasteiger partial charge in [0, 0.05) is 13.8 Å². The van der Waals surface area contributed by atoms with Crippen molar-refractivity contribution in [2.24, 2.45) is 0 Å². The number of carbonyl (C=O) groups is 2. The molecule has 0 aliphatic carbocycles. The molecule has 1 heterocycles. The summed E-state index contributed by atoms with van der Waals surface area (Å²) in [6, 6.07) is -0.656. The summed E-state index contributed by atoms with van der Waals surface area (Å²) in [5, 5.41) is 21.9. The largest absolute Gasteiger partial charge is 0.463 e. The van der Waals surface area contributed by atoms with Crippen LogP contribution in [0.1, 0.15) is 13.8 Å². The highest BCUT2D eigenvalue weighted by atomic mass is 16.6. The van der Waals surface area contributed by atoms with Crippen molar-refractivity contribution in [2.45, 2.75) is 38.2 Å². The Morgan fingerprint density at radius 2 is 2.00 bits per heavy atom. The van der Waals surface area contributed by atoms with Gasteiger partial charge in [-0.25, -0.2) is 0 Å². The molecule has 0 aromatic rings. The van der Waals surface area contributed by atoms with Crippen LogP contribution in [0.3, 0.4) is 0 Å². The van der Waals surface area contributed by atoms with Gasteiger partial charge in [-0.3, -0.25) is 9.59 Å². The first-order valence-electron chi connectivity index (χ1n) is 5.30. The number of rotatable bonds is 3. The monoisotopic (exact) mass is 247 g/mol.